The van der Waals surface area contributed by atoms with Gasteiger partial charge < -0.3 is 4.90 Å². The van der Waals surface area contributed by atoms with Crippen molar-refractivity contribution in [3.05, 3.63) is 35.2 Å². The molecule has 4 heteroatoms. The quantitative estimate of drug-likeness (QED) is 0.846. The summed E-state index contributed by atoms with van der Waals surface area (Å²) < 4.78 is 0. The van der Waals surface area contributed by atoms with Crippen LogP contribution in [-0.4, -0.2) is 42.1 Å². The maximum atomic E-state index is 4.66. The summed E-state index contributed by atoms with van der Waals surface area (Å²) in [5, 5.41) is 4.33. The molecular formula is C17H21N3S. The first-order valence-corrected chi connectivity index (χ1v) is 8.71. The monoisotopic (exact) mass is 299 g/mol. The van der Waals surface area contributed by atoms with Crippen molar-refractivity contribution in [3.8, 4) is 11.3 Å². The van der Waals surface area contributed by atoms with Gasteiger partial charge in [-0.3, -0.25) is 9.88 Å². The third-order valence-corrected chi connectivity index (χ3v) is 5.75. The summed E-state index contributed by atoms with van der Waals surface area (Å²) in [5.74, 6) is 0. The highest BCUT2D eigenvalue weighted by atomic mass is 32.1. The van der Waals surface area contributed by atoms with Crippen LogP contribution in [0.2, 0.25) is 0 Å². The molecule has 2 fully saturated rings. The number of anilines is 1. The average Bonchev–Trinajstić information content (AvgIpc) is 3.09. The molecule has 0 aromatic carbocycles. The number of thiophene rings is 1. The van der Waals surface area contributed by atoms with Crippen molar-refractivity contribution in [3.63, 3.8) is 0 Å². The Balaban J connectivity index is 1.68. The van der Waals surface area contributed by atoms with Gasteiger partial charge in [-0.2, -0.15) is 11.3 Å². The van der Waals surface area contributed by atoms with Gasteiger partial charge in [-0.25, -0.2) is 0 Å². The third kappa shape index (κ3) is 2.36. The highest BCUT2D eigenvalue weighted by Gasteiger charge is 2.35. The lowest BCUT2D eigenvalue weighted by Gasteiger charge is -2.28. The van der Waals surface area contributed by atoms with E-state index in [0.29, 0.717) is 6.04 Å². The molecule has 2 aliphatic heterocycles. The molecule has 0 aliphatic carbocycles. The Labute approximate surface area is 130 Å². The molecule has 2 unspecified atom stereocenters. The predicted octanol–water partition coefficient (Wildman–Crippen LogP) is 3.48. The molecule has 110 valence electrons. The van der Waals surface area contributed by atoms with Crippen molar-refractivity contribution in [1.29, 1.82) is 0 Å². The first kappa shape index (κ1) is 13.3. The van der Waals surface area contributed by atoms with Crippen LogP contribution in [0.5, 0.6) is 0 Å². The Morgan fingerprint density at radius 1 is 1.19 bits per heavy atom. The summed E-state index contributed by atoms with van der Waals surface area (Å²) in [4.78, 5) is 9.81. The van der Waals surface area contributed by atoms with Gasteiger partial charge >= 0.3 is 0 Å². The van der Waals surface area contributed by atoms with Gasteiger partial charge in [0.25, 0.3) is 0 Å². The van der Waals surface area contributed by atoms with Crippen LogP contribution in [0, 0.1) is 0 Å². The topological polar surface area (TPSA) is 19.4 Å². The Morgan fingerprint density at radius 2 is 2.10 bits per heavy atom. The second kappa shape index (κ2) is 5.43. The van der Waals surface area contributed by atoms with Gasteiger partial charge in [-0.05, 0) is 49.9 Å². The number of aromatic nitrogens is 1. The van der Waals surface area contributed by atoms with Gasteiger partial charge in [0.2, 0.25) is 0 Å². The van der Waals surface area contributed by atoms with E-state index >= 15 is 0 Å². The number of hydrogen-bond donors (Lipinski definition) is 0. The highest BCUT2D eigenvalue weighted by Crippen LogP contribution is 2.35. The lowest BCUT2D eigenvalue weighted by molar-refractivity contribution is 0.254. The van der Waals surface area contributed by atoms with Crippen LogP contribution < -0.4 is 4.90 Å². The van der Waals surface area contributed by atoms with E-state index in [4.69, 9.17) is 0 Å². The van der Waals surface area contributed by atoms with Crippen LogP contribution >= 0.6 is 11.3 Å². The Hall–Kier alpha value is -1.39. The normalized spacial score (nSPS) is 26.0. The lowest BCUT2D eigenvalue weighted by Crippen LogP contribution is -2.36. The van der Waals surface area contributed by atoms with E-state index < -0.39 is 0 Å². The number of hydrogen-bond acceptors (Lipinski definition) is 4. The standard InChI is InChI=1S/C17H21N3S/c1-19-14-4-5-15(19)11-20(9-6-14)16-3-2-8-18-17(16)13-7-10-21-12-13/h2-3,7-8,10,12,14-15H,4-6,9,11H2,1H3. The molecule has 0 radical (unpaired) electrons. The van der Waals surface area contributed by atoms with Crippen LogP contribution in [-0.2, 0) is 0 Å². The first-order valence-electron chi connectivity index (χ1n) is 7.77. The summed E-state index contributed by atoms with van der Waals surface area (Å²) in [6.07, 6.45) is 5.89. The molecule has 2 aromatic rings. The zero-order chi connectivity index (χ0) is 14.2. The summed E-state index contributed by atoms with van der Waals surface area (Å²) in [6, 6.07) is 7.96. The van der Waals surface area contributed by atoms with Gasteiger partial charge in [0.15, 0.2) is 0 Å². The maximum Gasteiger partial charge on any atom is 0.0943 e. The van der Waals surface area contributed by atoms with Gasteiger partial charge in [-0.15, -0.1) is 0 Å². The van der Waals surface area contributed by atoms with Crippen molar-refractivity contribution in [2.75, 3.05) is 25.0 Å². The Morgan fingerprint density at radius 3 is 2.95 bits per heavy atom. The van der Waals surface area contributed by atoms with E-state index in [-0.39, 0.29) is 0 Å². The molecule has 0 saturated carbocycles. The predicted molar refractivity (Wildman–Crippen MR) is 89.0 cm³/mol. The van der Waals surface area contributed by atoms with Crippen LogP contribution in [0.4, 0.5) is 5.69 Å². The van der Waals surface area contributed by atoms with Gasteiger partial charge in [-0.1, -0.05) is 0 Å². The minimum atomic E-state index is 0.702. The summed E-state index contributed by atoms with van der Waals surface area (Å²) in [6.45, 7) is 2.28. The fourth-order valence-corrected chi connectivity index (χ4v) is 4.44. The van der Waals surface area contributed by atoms with E-state index in [1.165, 1.54) is 30.5 Å². The molecule has 21 heavy (non-hydrogen) atoms. The van der Waals surface area contributed by atoms with E-state index in [1.54, 1.807) is 11.3 Å². The van der Waals surface area contributed by atoms with Crippen LogP contribution in [0.3, 0.4) is 0 Å². The van der Waals surface area contributed by atoms with Gasteiger partial charge in [0, 0.05) is 42.3 Å². The molecule has 2 atom stereocenters. The van der Waals surface area contributed by atoms with Crippen molar-refractivity contribution in [1.82, 2.24) is 9.88 Å². The molecule has 4 rings (SSSR count). The number of rotatable bonds is 2. The molecule has 0 amide bonds. The smallest absolute Gasteiger partial charge is 0.0943 e. The largest absolute Gasteiger partial charge is 0.368 e. The van der Waals surface area contributed by atoms with Crippen molar-refractivity contribution in [2.24, 2.45) is 0 Å². The first-order chi connectivity index (χ1) is 10.3. The second-order valence-corrected chi connectivity index (χ2v) is 6.95. The maximum absolute atomic E-state index is 4.66. The number of fused-ring (bicyclic) bond motifs is 2. The zero-order valence-electron chi connectivity index (χ0n) is 12.4. The molecule has 2 bridgehead atoms. The molecular weight excluding hydrogens is 278 g/mol. The lowest BCUT2D eigenvalue weighted by atomic mass is 10.1. The van der Waals surface area contributed by atoms with E-state index in [1.807, 2.05) is 6.20 Å². The highest BCUT2D eigenvalue weighted by molar-refractivity contribution is 7.08. The van der Waals surface area contributed by atoms with Crippen LogP contribution in [0.25, 0.3) is 11.3 Å². The number of pyridine rings is 1. The van der Waals surface area contributed by atoms with Crippen molar-refractivity contribution in [2.45, 2.75) is 31.3 Å². The molecule has 2 aromatic heterocycles. The van der Waals surface area contributed by atoms with Crippen molar-refractivity contribution < 1.29 is 0 Å². The van der Waals surface area contributed by atoms with Gasteiger partial charge in [0.1, 0.15) is 0 Å². The minimum Gasteiger partial charge on any atom is -0.368 e. The van der Waals surface area contributed by atoms with Gasteiger partial charge in [0.05, 0.1) is 11.4 Å². The molecule has 4 heterocycles. The third-order valence-electron chi connectivity index (χ3n) is 5.07. The summed E-state index contributed by atoms with van der Waals surface area (Å²) in [7, 11) is 2.30. The second-order valence-electron chi connectivity index (χ2n) is 6.17. The Kier molecular flexibility index (Phi) is 3.43. The minimum absolute atomic E-state index is 0.702. The molecule has 0 N–H and O–H groups in total. The molecule has 2 saturated heterocycles. The van der Waals surface area contributed by atoms with Crippen LogP contribution in [0.15, 0.2) is 35.2 Å². The molecule has 3 nitrogen and oxygen atoms in total. The van der Waals surface area contributed by atoms with Crippen LogP contribution in [0.1, 0.15) is 19.3 Å². The SMILES string of the molecule is CN1C2CCC1CN(c1cccnc1-c1ccsc1)CC2. The van der Waals surface area contributed by atoms with E-state index in [2.05, 4.69) is 50.8 Å². The average molecular weight is 299 g/mol. The van der Waals surface area contributed by atoms with E-state index in [0.717, 1.165) is 24.8 Å². The zero-order valence-corrected chi connectivity index (χ0v) is 13.2. The summed E-state index contributed by atoms with van der Waals surface area (Å²) >= 11 is 1.74. The van der Waals surface area contributed by atoms with Crippen molar-refractivity contribution >= 4 is 17.0 Å². The number of likely N-dealkylation sites (N-methyl/N-ethyl adjacent to an activating group) is 1. The molecule has 2 aliphatic rings. The molecule has 0 spiro atoms. The van der Waals surface area contributed by atoms with E-state index in [9.17, 15) is 0 Å². The Bertz CT molecular complexity index is 610. The fourth-order valence-electron chi connectivity index (χ4n) is 3.80. The fraction of sp³-hybridized carbons (Fsp3) is 0.471. The summed E-state index contributed by atoms with van der Waals surface area (Å²) in [5.41, 5.74) is 3.69. The number of nitrogens with zero attached hydrogens (tertiary/aromatic N) is 3.